The van der Waals surface area contributed by atoms with Gasteiger partial charge in [-0.05, 0) is 20.8 Å². The smallest absolute Gasteiger partial charge is 0.151 e. The molecule has 0 amide bonds. The standard InChI is InChI=1S/C8H16O3/c1-4-10-8(5-9)6-11-7(2)3/h5,7-8H,4,6H2,1-3H3/t8-/m0/s1. The highest BCUT2D eigenvalue weighted by Crippen LogP contribution is 1.93. The summed E-state index contributed by atoms with van der Waals surface area (Å²) in [5.41, 5.74) is 0. The maximum absolute atomic E-state index is 10.3. The molecule has 3 heteroatoms. The molecule has 0 saturated heterocycles. The number of aldehydes is 1. The van der Waals surface area contributed by atoms with Gasteiger partial charge in [0.15, 0.2) is 6.29 Å². The molecule has 0 aliphatic rings. The normalized spacial score (nSPS) is 13.5. The van der Waals surface area contributed by atoms with Crippen molar-refractivity contribution < 1.29 is 14.3 Å². The Balaban J connectivity index is 3.43. The van der Waals surface area contributed by atoms with Crippen LogP contribution in [-0.4, -0.2) is 31.7 Å². The highest BCUT2D eigenvalue weighted by Gasteiger charge is 2.06. The summed E-state index contributed by atoms with van der Waals surface area (Å²) < 4.78 is 10.2. The van der Waals surface area contributed by atoms with Crippen LogP contribution in [0.15, 0.2) is 0 Å². The van der Waals surface area contributed by atoms with Gasteiger partial charge in [0.1, 0.15) is 6.10 Å². The van der Waals surface area contributed by atoms with Crippen LogP contribution >= 0.6 is 0 Å². The number of ether oxygens (including phenoxy) is 2. The second kappa shape index (κ2) is 6.31. The van der Waals surface area contributed by atoms with Gasteiger partial charge in [0.25, 0.3) is 0 Å². The summed E-state index contributed by atoms with van der Waals surface area (Å²) in [4.78, 5) is 10.3. The van der Waals surface area contributed by atoms with Crippen molar-refractivity contribution in [1.82, 2.24) is 0 Å². The van der Waals surface area contributed by atoms with Gasteiger partial charge in [-0.2, -0.15) is 0 Å². The summed E-state index contributed by atoms with van der Waals surface area (Å²) in [6, 6.07) is 0. The molecule has 0 heterocycles. The van der Waals surface area contributed by atoms with Crippen LogP contribution in [-0.2, 0) is 14.3 Å². The molecule has 0 aromatic rings. The molecule has 1 atom stereocenters. The van der Waals surface area contributed by atoms with E-state index in [4.69, 9.17) is 9.47 Å². The lowest BCUT2D eigenvalue weighted by Crippen LogP contribution is -2.23. The second-order valence-electron chi connectivity index (χ2n) is 2.51. The van der Waals surface area contributed by atoms with Gasteiger partial charge in [-0.15, -0.1) is 0 Å². The Labute approximate surface area is 67.7 Å². The number of carbonyl (C=O) groups excluding carboxylic acids is 1. The summed E-state index contributed by atoms with van der Waals surface area (Å²) >= 11 is 0. The summed E-state index contributed by atoms with van der Waals surface area (Å²) in [5.74, 6) is 0. The van der Waals surface area contributed by atoms with Crippen LogP contribution in [0.25, 0.3) is 0 Å². The Morgan fingerprint density at radius 1 is 1.36 bits per heavy atom. The van der Waals surface area contributed by atoms with Gasteiger partial charge in [0.2, 0.25) is 0 Å². The molecule has 0 spiro atoms. The van der Waals surface area contributed by atoms with E-state index in [2.05, 4.69) is 0 Å². The Morgan fingerprint density at radius 2 is 2.00 bits per heavy atom. The first-order valence-electron chi connectivity index (χ1n) is 3.89. The molecule has 0 rings (SSSR count). The fourth-order valence-corrected chi connectivity index (χ4v) is 0.628. The molecule has 3 nitrogen and oxygen atoms in total. The third-order valence-electron chi connectivity index (χ3n) is 1.13. The van der Waals surface area contributed by atoms with Crippen LogP contribution < -0.4 is 0 Å². The number of carbonyl (C=O) groups is 1. The van der Waals surface area contributed by atoms with Crippen molar-refractivity contribution >= 4 is 6.29 Å². The van der Waals surface area contributed by atoms with E-state index < -0.39 is 6.10 Å². The van der Waals surface area contributed by atoms with Crippen LogP contribution in [0.5, 0.6) is 0 Å². The van der Waals surface area contributed by atoms with E-state index in [-0.39, 0.29) is 6.10 Å². The Morgan fingerprint density at radius 3 is 2.36 bits per heavy atom. The lowest BCUT2D eigenvalue weighted by molar-refractivity contribution is -0.122. The molecular formula is C8H16O3. The minimum atomic E-state index is -0.401. The average molecular weight is 160 g/mol. The number of hydrogen-bond acceptors (Lipinski definition) is 3. The van der Waals surface area contributed by atoms with E-state index in [9.17, 15) is 4.79 Å². The molecule has 11 heavy (non-hydrogen) atoms. The fourth-order valence-electron chi connectivity index (χ4n) is 0.628. The van der Waals surface area contributed by atoms with Gasteiger partial charge < -0.3 is 14.3 Å². The molecule has 0 unspecified atom stereocenters. The summed E-state index contributed by atoms with van der Waals surface area (Å²) in [7, 11) is 0. The largest absolute Gasteiger partial charge is 0.376 e. The maximum Gasteiger partial charge on any atom is 0.151 e. The molecule has 0 aromatic carbocycles. The zero-order valence-corrected chi connectivity index (χ0v) is 7.37. The Hall–Kier alpha value is -0.410. The van der Waals surface area contributed by atoms with Gasteiger partial charge in [-0.1, -0.05) is 0 Å². The first-order valence-corrected chi connectivity index (χ1v) is 3.89. The number of rotatable bonds is 6. The van der Waals surface area contributed by atoms with E-state index in [1.807, 2.05) is 20.8 Å². The van der Waals surface area contributed by atoms with Gasteiger partial charge in [0, 0.05) is 6.61 Å². The van der Waals surface area contributed by atoms with E-state index in [0.29, 0.717) is 13.2 Å². The third kappa shape index (κ3) is 6.01. The zero-order chi connectivity index (χ0) is 8.69. The van der Waals surface area contributed by atoms with Crippen LogP contribution in [0.3, 0.4) is 0 Å². The Bertz CT molecular complexity index is 102. The van der Waals surface area contributed by atoms with Gasteiger partial charge >= 0.3 is 0 Å². The van der Waals surface area contributed by atoms with E-state index in [0.717, 1.165) is 6.29 Å². The first kappa shape index (κ1) is 10.6. The van der Waals surface area contributed by atoms with Crippen LogP contribution in [0.1, 0.15) is 20.8 Å². The first-order chi connectivity index (χ1) is 5.20. The molecule has 66 valence electrons. The van der Waals surface area contributed by atoms with Gasteiger partial charge in [0.05, 0.1) is 12.7 Å². The minimum absolute atomic E-state index is 0.151. The average Bonchev–Trinajstić information content (AvgIpc) is 1.97. The van der Waals surface area contributed by atoms with E-state index in [1.165, 1.54) is 0 Å². The van der Waals surface area contributed by atoms with Crippen molar-refractivity contribution in [3.8, 4) is 0 Å². The predicted octanol–water partition coefficient (Wildman–Crippen LogP) is 1.02. The molecular weight excluding hydrogens is 144 g/mol. The van der Waals surface area contributed by atoms with Crippen molar-refractivity contribution in [2.24, 2.45) is 0 Å². The zero-order valence-electron chi connectivity index (χ0n) is 7.37. The molecule has 0 aliphatic carbocycles. The molecule has 0 aliphatic heterocycles. The van der Waals surface area contributed by atoms with Crippen LogP contribution in [0.4, 0.5) is 0 Å². The lowest BCUT2D eigenvalue weighted by Gasteiger charge is -2.12. The molecule has 0 bridgehead atoms. The van der Waals surface area contributed by atoms with E-state index in [1.54, 1.807) is 0 Å². The van der Waals surface area contributed by atoms with Crippen molar-refractivity contribution in [3.05, 3.63) is 0 Å². The molecule has 0 radical (unpaired) electrons. The monoisotopic (exact) mass is 160 g/mol. The second-order valence-corrected chi connectivity index (χ2v) is 2.51. The molecule has 0 fully saturated rings. The topological polar surface area (TPSA) is 35.5 Å². The lowest BCUT2D eigenvalue weighted by atomic mass is 10.4. The Kier molecular flexibility index (Phi) is 6.07. The number of hydrogen-bond donors (Lipinski definition) is 0. The van der Waals surface area contributed by atoms with Crippen molar-refractivity contribution in [3.63, 3.8) is 0 Å². The van der Waals surface area contributed by atoms with Gasteiger partial charge in [-0.3, -0.25) is 0 Å². The third-order valence-corrected chi connectivity index (χ3v) is 1.13. The molecule has 0 N–H and O–H groups in total. The fraction of sp³-hybridized carbons (Fsp3) is 0.875. The SMILES string of the molecule is CCO[C@@H](C=O)COC(C)C. The molecule has 0 aromatic heterocycles. The highest BCUT2D eigenvalue weighted by molar-refractivity contribution is 5.56. The summed E-state index contributed by atoms with van der Waals surface area (Å²) in [6.45, 7) is 6.60. The van der Waals surface area contributed by atoms with Crippen molar-refractivity contribution in [2.75, 3.05) is 13.2 Å². The van der Waals surface area contributed by atoms with Crippen LogP contribution in [0, 0.1) is 0 Å². The maximum atomic E-state index is 10.3. The predicted molar refractivity (Wildman–Crippen MR) is 42.6 cm³/mol. The highest BCUT2D eigenvalue weighted by atomic mass is 16.5. The van der Waals surface area contributed by atoms with Crippen molar-refractivity contribution in [1.29, 1.82) is 0 Å². The van der Waals surface area contributed by atoms with Crippen molar-refractivity contribution in [2.45, 2.75) is 33.0 Å². The van der Waals surface area contributed by atoms with Gasteiger partial charge in [-0.25, -0.2) is 0 Å². The molecule has 0 saturated carbocycles. The quantitative estimate of drug-likeness (QED) is 0.544. The van der Waals surface area contributed by atoms with E-state index >= 15 is 0 Å². The minimum Gasteiger partial charge on any atom is -0.376 e. The summed E-state index contributed by atoms with van der Waals surface area (Å²) in [6.07, 6.45) is 0.520. The summed E-state index contributed by atoms with van der Waals surface area (Å²) in [5, 5.41) is 0. The van der Waals surface area contributed by atoms with Crippen LogP contribution in [0.2, 0.25) is 0 Å².